The second kappa shape index (κ2) is 67.6. The van der Waals surface area contributed by atoms with Crippen LogP contribution in [-0.4, -0.2) is 37.2 Å². The first-order valence-electron chi connectivity index (χ1n) is 34.8. The Balaban J connectivity index is 4.34. The van der Waals surface area contributed by atoms with Crippen molar-refractivity contribution in [1.29, 1.82) is 0 Å². The van der Waals surface area contributed by atoms with Gasteiger partial charge in [-0.25, -0.2) is 0 Å². The van der Waals surface area contributed by atoms with E-state index in [-0.39, 0.29) is 31.1 Å². The topological polar surface area (TPSA) is 78.9 Å². The fourth-order valence-corrected chi connectivity index (χ4v) is 10.4. The van der Waals surface area contributed by atoms with E-state index < -0.39 is 6.10 Å². The minimum atomic E-state index is -0.777. The molecule has 0 aliphatic carbocycles. The summed E-state index contributed by atoms with van der Waals surface area (Å²) in [6, 6.07) is 0. The largest absolute Gasteiger partial charge is 0.462 e. The Morgan fingerprint density at radius 3 is 0.772 bits per heavy atom. The SMILES string of the molecule is CC/C=C\C/C=C\C/C=C\C/C=C\C/C=C\CCCCCCCCCC(=O)OCC(COC(=O)CCCCCCCCCCCCCCCCCCC)OC(=O)CCCCCCCCCCCCCCCCCCCCCCC. The summed E-state index contributed by atoms with van der Waals surface area (Å²) < 4.78 is 17.0. The highest BCUT2D eigenvalue weighted by Gasteiger charge is 2.19. The molecule has 0 aromatic heterocycles. The van der Waals surface area contributed by atoms with E-state index in [1.165, 1.54) is 231 Å². The zero-order valence-corrected chi connectivity index (χ0v) is 52.9. The van der Waals surface area contributed by atoms with Crippen molar-refractivity contribution in [3.05, 3.63) is 60.8 Å². The average Bonchev–Trinajstić information content (AvgIpc) is 3.45. The molecule has 460 valence electrons. The normalized spacial score (nSPS) is 12.4. The number of rotatable bonds is 64. The van der Waals surface area contributed by atoms with E-state index in [2.05, 4.69) is 81.5 Å². The van der Waals surface area contributed by atoms with Gasteiger partial charge in [-0.2, -0.15) is 0 Å². The van der Waals surface area contributed by atoms with Gasteiger partial charge >= 0.3 is 17.9 Å². The van der Waals surface area contributed by atoms with Gasteiger partial charge in [-0.15, -0.1) is 0 Å². The maximum Gasteiger partial charge on any atom is 0.306 e. The van der Waals surface area contributed by atoms with Gasteiger partial charge in [0, 0.05) is 19.3 Å². The molecule has 0 fully saturated rings. The zero-order chi connectivity index (χ0) is 57.1. The van der Waals surface area contributed by atoms with Crippen LogP contribution in [0.4, 0.5) is 0 Å². The maximum atomic E-state index is 13.0. The van der Waals surface area contributed by atoms with Gasteiger partial charge in [0.25, 0.3) is 0 Å². The molecule has 79 heavy (non-hydrogen) atoms. The van der Waals surface area contributed by atoms with Gasteiger partial charge in [-0.3, -0.25) is 14.4 Å². The number of esters is 3. The predicted octanol–water partition coefficient (Wildman–Crippen LogP) is 23.9. The molecule has 0 saturated carbocycles. The summed E-state index contributed by atoms with van der Waals surface area (Å²) in [6.45, 7) is 6.59. The Morgan fingerprint density at radius 2 is 0.494 bits per heavy atom. The Bertz CT molecular complexity index is 1410. The number of hydrogen-bond donors (Lipinski definition) is 0. The van der Waals surface area contributed by atoms with Crippen LogP contribution in [0.25, 0.3) is 0 Å². The molecule has 0 amide bonds. The number of carbonyl (C=O) groups excluding carboxylic acids is 3. The fourth-order valence-electron chi connectivity index (χ4n) is 10.4. The van der Waals surface area contributed by atoms with E-state index in [1.807, 2.05) is 0 Å². The summed E-state index contributed by atoms with van der Waals surface area (Å²) in [7, 11) is 0. The Labute approximate surface area is 491 Å². The van der Waals surface area contributed by atoms with Gasteiger partial charge in [-0.1, -0.05) is 345 Å². The van der Waals surface area contributed by atoms with Gasteiger partial charge in [0.1, 0.15) is 13.2 Å². The summed E-state index contributed by atoms with van der Waals surface area (Å²) in [5, 5.41) is 0. The van der Waals surface area contributed by atoms with E-state index in [1.54, 1.807) is 0 Å². The highest BCUT2D eigenvalue weighted by molar-refractivity contribution is 5.71. The number of carbonyl (C=O) groups is 3. The van der Waals surface area contributed by atoms with Crippen molar-refractivity contribution < 1.29 is 28.6 Å². The number of hydrogen-bond acceptors (Lipinski definition) is 6. The average molecular weight is 1110 g/mol. The molecule has 0 heterocycles. The lowest BCUT2D eigenvalue weighted by molar-refractivity contribution is -0.167. The van der Waals surface area contributed by atoms with Crippen LogP contribution in [0.5, 0.6) is 0 Å². The standard InChI is InChI=1S/C73H132O6/c1-4-7-10-13-16-19-22-25-28-31-33-35-36-38-39-42-45-48-51-54-57-60-63-66-72(75)78-69-70(68-77-71(74)65-62-59-56-53-50-47-44-41-30-27-24-21-18-15-12-9-6-3)79-73(76)67-64-61-58-55-52-49-46-43-40-37-34-32-29-26-23-20-17-14-11-8-5-2/h7,10,16,19,25,28,33,35,38-39,70H,4-6,8-9,11-15,17-18,20-24,26-27,29-32,34,36-37,40-69H2,1-3H3/b10-7-,19-16-,28-25-,35-33-,39-38-. The third-order valence-corrected chi connectivity index (χ3v) is 15.5. The van der Waals surface area contributed by atoms with Crippen molar-refractivity contribution >= 4 is 17.9 Å². The minimum absolute atomic E-state index is 0.0722. The van der Waals surface area contributed by atoms with Crippen molar-refractivity contribution in [1.82, 2.24) is 0 Å². The molecule has 0 saturated heterocycles. The summed E-state index contributed by atoms with van der Waals surface area (Å²) >= 11 is 0. The molecule has 6 nitrogen and oxygen atoms in total. The highest BCUT2D eigenvalue weighted by atomic mass is 16.6. The number of allylic oxidation sites excluding steroid dienone is 10. The molecular formula is C73H132O6. The van der Waals surface area contributed by atoms with Crippen molar-refractivity contribution in [2.75, 3.05) is 13.2 Å². The molecule has 6 heteroatoms. The van der Waals surface area contributed by atoms with Crippen molar-refractivity contribution in [3.8, 4) is 0 Å². The lowest BCUT2D eigenvalue weighted by Crippen LogP contribution is -2.30. The molecule has 0 aromatic rings. The van der Waals surface area contributed by atoms with Crippen LogP contribution in [0.3, 0.4) is 0 Å². The van der Waals surface area contributed by atoms with Crippen LogP contribution in [0.2, 0.25) is 0 Å². The van der Waals surface area contributed by atoms with E-state index in [0.29, 0.717) is 19.3 Å². The molecule has 1 atom stereocenters. The second-order valence-electron chi connectivity index (χ2n) is 23.4. The lowest BCUT2D eigenvalue weighted by Gasteiger charge is -2.18. The van der Waals surface area contributed by atoms with Crippen LogP contribution in [0, 0.1) is 0 Å². The van der Waals surface area contributed by atoms with Gasteiger partial charge in [0.05, 0.1) is 0 Å². The monoisotopic (exact) mass is 1110 g/mol. The number of ether oxygens (including phenoxy) is 3. The van der Waals surface area contributed by atoms with Gasteiger partial charge in [-0.05, 0) is 64.2 Å². The molecule has 0 N–H and O–H groups in total. The Kier molecular flexibility index (Phi) is 65.1. The first kappa shape index (κ1) is 76.1. The van der Waals surface area contributed by atoms with Gasteiger partial charge in [0.15, 0.2) is 6.10 Å². The molecule has 0 aliphatic heterocycles. The van der Waals surface area contributed by atoms with Crippen LogP contribution in [0.1, 0.15) is 367 Å². The second-order valence-corrected chi connectivity index (χ2v) is 23.4. The third-order valence-electron chi connectivity index (χ3n) is 15.5. The smallest absolute Gasteiger partial charge is 0.306 e. The van der Waals surface area contributed by atoms with Crippen LogP contribution >= 0.6 is 0 Å². The molecule has 0 rings (SSSR count). The molecule has 0 bridgehead atoms. The molecule has 1 unspecified atom stereocenters. The van der Waals surface area contributed by atoms with Crippen LogP contribution in [0.15, 0.2) is 60.8 Å². The van der Waals surface area contributed by atoms with Gasteiger partial charge < -0.3 is 14.2 Å². The summed E-state index contributed by atoms with van der Waals surface area (Å²) in [5.74, 6) is -0.856. The van der Waals surface area contributed by atoms with E-state index in [4.69, 9.17) is 14.2 Å². The molecule has 0 radical (unpaired) electrons. The van der Waals surface area contributed by atoms with Crippen LogP contribution < -0.4 is 0 Å². The predicted molar refractivity (Wildman–Crippen MR) is 344 cm³/mol. The Morgan fingerprint density at radius 1 is 0.266 bits per heavy atom. The molecular weight excluding hydrogens is 973 g/mol. The van der Waals surface area contributed by atoms with Gasteiger partial charge in [0.2, 0.25) is 0 Å². The molecule has 0 spiro atoms. The Hall–Kier alpha value is -2.89. The minimum Gasteiger partial charge on any atom is -0.462 e. The molecule has 0 aliphatic rings. The quantitative estimate of drug-likeness (QED) is 0.0261. The molecule has 0 aromatic carbocycles. The zero-order valence-electron chi connectivity index (χ0n) is 52.9. The van der Waals surface area contributed by atoms with E-state index >= 15 is 0 Å². The first-order chi connectivity index (χ1) is 39.0. The van der Waals surface area contributed by atoms with Crippen molar-refractivity contribution in [3.63, 3.8) is 0 Å². The van der Waals surface area contributed by atoms with E-state index in [0.717, 1.165) is 96.3 Å². The summed E-state index contributed by atoms with van der Waals surface area (Å²) in [4.78, 5) is 38.5. The van der Waals surface area contributed by atoms with Crippen molar-refractivity contribution in [2.24, 2.45) is 0 Å². The highest BCUT2D eigenvalue weighted by Crippen LogP contribution is 2.18. The third kappa shape index (κ3) is 65.8. The first-order valence-corrected chi connectivity index (χ1v) is 34.8. The van der Waals surface area contributed by atoms with E-state index in [9.17, 15) is 14.4 Å². The fraction of sp³-hybridized carbons (Fsp3) is 0.822. The van der Waals surface area contributed by atoms with Crippen LogP contribution in [-0.2, 0) is 28.6 Å². The summed E-state index contributed by atoms with van der Waals surface area (Å²) in [6.07, 6.45) is 86.6. The van der Waals surface area contributed by atoms with Crippen molar-refractivity contribution in [2.45, 2.75) is 374 Å². The summed E-state index contributed by atoms with van der Waals surface area (Å²) in [5.41, 5.74) is 0. The lowest BCUT2D eigenvalue weighted by atomic mass is 10.0. The maximum absolute atomic E-state index is 13.0. The number of unbranched alkanes of at least 4 members (excludes halogenated alkanes) is 43.